The zero-order chi connectivity index (χ0) is 24.0. The summed E-state index contributed by atoms with van der Waals surface area (Å²) in [5, 5.41) is 18.9. The maximum Gasteiger partial charge on any atom is 0.277 e. The quantitative estimate of drug-likeness (QED) is 0.428. The van der Waals surface area contributed by atoms with Crippen LogP contribution in [0.1, 0.15) is 49.6 Å². The first-order valence-electron chi connectivity index (χ1n) is 11.3. The second kappa shape index (κ2) is 11.0. The number of anilines is 1. The molecule has 0 atom stereocenters. The van der Waals surface area contributed by atoms with Gasteiger partial charge in [0.15, 0.2) is 0 Å². The molecule has 0 aliphatic carbocycles. The Hall–Kier alpha value is -3.33. The molecule has 9 nitrogen and oxygen atoms in total. The highest BCUT2D eigenvalue weighted by atomic mass is 16.5. The summed E-state index contributed by atoms with van der Waals surface area (Å²) in [5.41, 5.74) is 5.61. The van der Waals surface area contributed by atoms with Crippen LogP contribution >= 0.6 is 0 Å². The van der Waals surface area contributed by atoms with Gasteiger partial charge in [-0.3, -0.25) is 4.79 Å². The summed E-state index contributed by atoms with van der Waals surface area (Å²) < 4.78 is 5.53. The van der Waals surface area contributed by atoms with E-state index >= 15 is 0 Å². The topological polar surface area (TPSA) is 126 Å². The number of amides is 1. The van der Waals surface area contributed by atoms with Gasteiger partial charge in [-0.25, -0.2) is 9.97 Å². The van der Waals surface area contributed by atoms with Gasteiger partial charge < -0.3 is 20.3 Å². The molecule has 0 bridgehead atoms. The van der Waals surface area contributed by atoms with Gasteiger partial charge in [0.05, 0.1) is 6.61 Å². The molecule has 3 N–H and O–H groups in total. The van der Waals surface area contributed by atoms with Crippen LogP contribution in [0.2, 0.25) is 0 Å². The van der Waals surface area contributed by atoms with Crippen molar-refractivity contribution < 1.29 is 14.4 Å². The number of nitrogens with one attached hydrogen (secondary N) is 2. The van der Waals surface area contributed by atoms with Gasteiger partial charge in [0.1, 0.15) is 5.69 Å². The number of aliphatic hydroxyl groups excluding tert-OH is 1. The van der Waals surface area contributed by atoms with Crippen molar-refractivity contribution in [2.45, 2.75) is 59.9 Å². The Morgan fingerprint density at radius 3 is 2.64 bits per heavy atom. The smallest absolute Gasteiger partial charge is 0.277 e. The fourth-order valence-corrected chi connectivity index (χ4v) is 3.66. The lowest BCUT2D eigenvalue weighted by atomic mass is 9.93. The second-order valence-corrected chi connectivity index (χ2v) is 8.30. The summed E-state index contributed by atoms with van der Waals surface area (Å²) in [7, 11) is 0. The van der Waals surface area contributed by atoms with Crippen molar-refractivity contribution in [3.63, 3.8) is 0 Å². The van der Waals surface area contributed by atoms with E-state index in [9.17, 15) is 4.79 Å². The van der Waals surface area contributed by atoms with E-state index in [-0.39, 0.29) is 25.1 Å². The molecule has 0 saturated heterocycles. The minimum atomic E-state index is -0.0659. The monoisotopic (exact) mass is 452 g/mol. The Morgan fingerprint density at radius 1 is 1.15 bits per heavy atom. The molecule has 0 aliphatic heterocycles. The van der Waals surface area contributed by atoms with Gasteiger partial charge in [-0.05, 0) is 75.4 Å². The van der Waals surface area contributed by atoms with E-state index in [1.807, 2.05) is 39.8 Å². The van der Waals surface area contributed by atoms with Crippen molar-refractivity contribution in [2.75, 3.05) is 18.5 Å². The van der Waals surface area contributed by atoms with Crippen molar-refractivity contribution in [3.05, 3.63) is 40.6 Å². The number of carbonyl (C=O) groups is 1. The van der Waals surface area contributed by atoms with E-state index < -0.39 is 0 Å². The van der Waals surface area contributed by atoms with Gasteiger partial charge >= 0.3 is 0 Å². The average Bonchev–Trinajstić information content (AvgIpc) is 3.26. The molecule has 2 heterocycles. The largest absolute Gasteiger partial charge is 0.395 e. The maximum atomic E-state index is 11.9. The summed E-state index contributed by atoms with van der Waals surface area (Å²) in [6.07, 6.45) is 1.83. The van der Waals surface area contributed by atoms with Crippen LogP contribution in [-0.4, -0.2) is 50.3 Å². The standard InChI is InChI=1S/C24H32N6O3/c1-6-17-13-18(11-15(4)19(17)7-8-21(32)25-9-10-31)22-29-23(33-30-22)20-12-16(5)27-24(28-20)26-14(2)3/h11-14,31H,6-10H2,1-5H3,(H,25,32)(H,26,27,28). The van der Waals surface area contributed by atoms with E-state index in [0.717, 1.165) is 34.4 Å². The normalized spacial score (nSPS) is 11.1. The predicted octanol–water partition coefficient (Wildman–Crippen LogP) is 3.23. The van der Waals surface area contributed by atoms with E-state index in [1.54, 1.807) is 0 Å². The lowest BCUT2D eigenvalue weighted by molar-refractivity contribution is -0.121. The molecule has 0 radical (unpaired) electrons. The van der Waals surface area contributed by atoms with Crippen molar-refractivity contribution >= 4 is 11.9 Å². The van der Waals surface area contributed by atoms with E-state index in [4.69, 9.17) is 9.63 Å². The molecule has 0 unspecified atom stereocenters. The Morgan fingerprint density at radius 2 is 1.94 bits per heavy atom. The summed E-state index contributed by atoms with van der Waals surface area (Å²) in [6.45, 7) is 10.3. The fourth-order valence-electron chi connectivity index (χ4n) is 3.66. The molecular weight excluding hydrogens is 420 g/mol. The molecular formula is C24H32N6O3. The van der Waals surface area contributed by atoms with Gasteiger partial charge in [0.25, 0.3) is 5.89 Å². The van der Waals surface area contributed by atoms with Crippen LogP contribution in [0.15, 0.2) is 22.7 Å². The SMILES string of the molecule is CCc1cc(-c2noc(-c3cc(C)nc(NC(C)C)n3)n2)cc(C)c1CCC(=O)NCCO. The fraction of sp³-hybridized carbons (Fsp3) is 0.458. The molecule has 33 heavy (non-hydrogen) atoms. The van der Waals surface area contributed by atoms with Gasteiger partial charge in [-0.1, -0.05) is 12.1 Å². The molecule has 176 valence electrons. The molecule has 2 aromatic heterocycles. The number of nitrogens with zero attached hydrogens (tertiary/aromatic N) is 4. The van der Waals surface area contributed by atoms with Gasteiger partial charge in [-0.15, -0.1) is 0 Å². The van der Waals surface area contributed by atoms with Crippen molar-refractivity contribution in [3.8, 4) is 23.0 Å². The number of carbonyl (C=O) groups excluding carboxylic acids is 1. The molecule has 0 spiro atoms. The number of hydrogen-bond acceptors (Lipinski definition) is 8. The predicted molar refractivity (Wildman–Crippen MR) is 127 cm³/mol. The zero-order valence-electron chi connectivity index (χ0n) is 19.9. The summed E-state index contributed by atoms with van der Waals surface area (Å²) in [5.74, 6) is 1.28. The molecule has 0 saturated carbocycles. The molecule has 3 aromatic rings. The Bertz CT molecular complexity index is 1110. The minimum Gasteiger partial charge on any atom is -0.395 e. The maximum absolute atomic E-state index is 11.9. The number of aryl methyl sites for hydroxylation is 3. The first-order valence-corrected chi connectivity index (χ1v) is 11.3. The minimum absolute atomic E-state index is 0.0590. The second-order valence-electron chi connectivity index (χ2n) is 8.30. The average molecular weight is 453 g/mol. The summed E-state index contributed by atoms with van der Waals surface area (Å²) in [6, 6.07) is 6.09. The van der Waals surface area contributed by atoms with Crippen LogP contribution in [0, 0.1) is 13.8 Å². The Balaban J connectivity index is 1.84. The molecule has 1 amide bonds. The summed E-state index contributed by atoms with van der Waals surface area (Å²) in [4.78, 5) is 25.4. The van der Waals surface area contributed by atoms with Gasteiger partial charge in [0.2, 0.25) is 17.7 Å². The first-order chi connectivity index (χ1) is 15.8. The first kappa shape index (κ1) is 24.3. The van der Waals surface area contributed by atoms with Crippen molar-refractivity contribution in [2.24, 2.45) is 0 Å². The number of rotatable bonds is 10. The van der Waals surface area contributed by atoms with Crippen LogP contribution in [0.4, 0.5) is 5.95 Å². The third-order valence-electron chi connectivity index (χ3n) is 5.16. The highest BCUT2D eigenvalue weighted by molar-refractivity contribution is 5.76. The van der Waals surface area contributed by atoms with Gasteiger partial charge in [-0.2, -0.15) is 4.98 Å². The van der Waals surface area contributed by atoms with E-state index in [1.165, 1.54) is 0 Å². The van der Waals surface area contributed by atoms with Crippen molar-refractivity contribution in [1.82, 2.24) is 25.4 Å². The van der Waals surface area contributed by atoms with Crippen LogP contribution < -0.4 is 10.6 Å². The van der Waals surface area contributed by atoms with E-state index in [0.29, 0.717) is 36.2 Å². The number of hydrogen-bond donors (Lipinski definition) is 3. The summed E-state index contributed by atoms with van der Waals surface area (Å²) >= 11 is 0. The highest BCUT2D eigenvalue weighted by Gasteiger charge is 2.17. The van der Waals surface area contributed by atoms with Crippen LogP contribution in [0.5, 0.6) is 0 Å². The Labute approximate surface area is 194 Å². The van der Waals surface area contributed by atoms with Crippen LogP contribution in [0.25, 0.3) is 23.0 Å². The highest BCUT2D eigenvalue weighted by Crippen LogP contribution is 2.27. The number of aromatic nitrogens is 4. The molecule has 3 rings (SSSR count). The molecule has 0 fully saturated rings. The van der Waals surface area contributed by atoms with Crippen LogP contribution in [0.3, 0.4) is 0 Å². The lowest BCUT2D eigenvalue weighted by Crippen LogP contribution is -2.26. The Kier molecular flexibility index (Phi) is 8.11. The number of aliphatic hydroxyl groups is 1. The molecule has 9 heteroatoms. The molecule has 0 aliphatic rings. The van der Waals surface area contributed by atoms with Gasteiger partial charge in [0, 0.05) is 30.3 Å². The lowest BCUT2D eigenvalue weighted by Gasteiger charge is -2.13. The van der Waals surface area contributed by atoms with Crippen molar-refractivity contribution in [1.29, 1.82) is 0 Å². The van der Waals surface area contributed by atoms with Crippen LogP contribution in [-0.2, 0) is 17.6 Å². The third kappa shape index (κ3) is 6.35. The zero-order valence-corrected chi connectivity index (χ0v) is 19.9. The van der Waals surface area contributed by atoms with E-state index in [2.05, 4.69) is 43.7 Å². The third-order valence-corrected chi connectivity index (χ3v) is 5.16. The molecule has 1 aromatic carbocycles. The number of benzene rings is 1.